The first-order valence-corrected chi connectivity index (χ1v) is 6.85. The van der Waals surface area contributed by atoms with Crippen LogP contribution < -0.4 is 5.32 Å². The molecule has 1 heterocycles. The minimum absolute atomic E-state index is 0.0420. The number of carbonyl (C=O) groups excluding carboxylic acids is 1. The monoisotopic (exact) mass is 272 g/mol. The molecule has 0 aliphatic carbocycles. The molecule has 0 unspecified atom stereocenters. The molecule has 0 aromatic heterocycles. The first kappa shape index (κ1) is 15.8. The number of carboxylic acid groups (broad SMARTS) is 1. The van der Waals surface area contributed by atoms with Crippen LogP contribution in [0.5, 0.6) is 0 Å². The quantitative estimate of drug-likeness (QED) is 0.764. The predicted molar refractivity (Wildman–Crippen MR) is 71.0 cm³/mol. The summed E-state index contributed by atoms with van der Waals surface area (Å²) in [5, 5.41) is 11.1. The van der Waals surface area contributed by atoms with Gasteiger partial charge in [-0.15, -0.1) is 0 Å². The van der Waals surface area contributed by atoms with Crippen LogP contribution in [0.2, 0.25) is 0 Å². The minimum Gasteiger partial charge on any atom is -0.481 e. The smallest absolute Gasteiger partial charge is 0.317 e. The van der Waals surface area contributed by atoms with Crippen LogP contribution in [0.3, 0.4) is 0 Å². The van der Waals surface area contributed by atoms with Crippen molar-refractivity contribution in [2.75, 3.05) is 26.2 Å². The Labute approximate surface area is 114 Å². The van der Waals surface area contributed by atoms with E-state index in [4.69, 9.17) is 9.84 Å². The first-order chi connectivity index (χ1) is 8.99. The van der Waals surface area contributed by atoms with E-state index in [2.05, 4.69) is 19.2 Å². The second-order valence-electron chi connectivity index (χ2n) is 5.29. The van der Waals surface area contributed by atoms with Crippen LogP contribution in [0.15, 0.2) is 0 Å². The number of nitrogens with zero attached hydrogens (tertiary/aromatic N) is 1. The number of ether oxygens (including phenoxy) is 1. The van der Waals surface area contributed by atoms with Crippen LogP contribution in [0.25, 0.3) is 0 Å². The lowest BCUT2D eigenvalue weighted by Gasteiger charge is -2.32. The van der Waals surface area contributed by atoms with Crippen LogP contribution in [0.4, 0.5) is 4.79 Å². The topological polar surface area (TPSA) is 78.9 Å². The van der Waals surface area contributed by atoms with E-state index in [-0.39, 0.29) is 25.1 Å². The van der Waals surface area contributed by atoms with E-state index >= 15 is 0 Å². The van der Waals surface area contributed by atoms with Gasteiger partial charge in [0.25, 0.3) is 0 Å². The van der Waals surface area contributed by atoms with Crippen molar-refractivity contribution in [1.29, 1.82) is 0 Å². The summed E-state index contributed by atoms with van der Waals surface area (Å²) in [6.45, 7) is 6.51. The van der Waals surface area contributed by atoms with Crippen molar-refractivity contribution in [3.05, 3.63) is 0 Å². The van der Waals surface area contributed by atoms with Crippen LogP contribution >= 0.6 is 0 Å². The Hall–Kier alpha value is -1.30. The maximum absolute atomic E-state index is 11.7. The van der Waals surface area contributed by atoms with Crippen molar-refractivity contribution in [2.24, 2.45) is 5.92 Å². The fourth-order valence-corrected chi connectivity index (χ4v) is 1.94. The van der Waals surface area contributed by atoms with Crippen LogP contribution in [0, 0.1) is 5.92 Å². The number of nitrogens with one attached hydrogen (secondary N) is 1. The standard InChI is InChI=1S/C13H24N2O4/c1-10(2)9-19-11-4-7-15(8-5-11)13(18)14-6-3-12(16)17/h10-11H,3-9H2,1-2H3,(H,14,18)(H,16,17). The molecule has 1 aliphatic heterocycles. The van der Waals surface area contributed by atoms with E-state index in [9.17, 15) is 9.59 Å². The molecule has 0 saturated carbocycles. The minimum atomic E-state index is -0.902. The second kappa shape index (κ2) is 7.99. The molecule has 2 amide bonds. The maximum atomic E-state index is 11.7. The van der Waals surface area contributed by atoms with Gasteiger partial charge in [0.05, 0.1) is 12.5 Å². The number of urea groups is 1. The third kappa shape index (κ3) is 6.42. The van der Waals surface area contributed by atoms with E-state index in [1.807, 2.05) is 0 Å². The zero-order valence-corrected chi connectivity index (χ0v) is 11.7. The first-order valence-electron chi connectivity index (χ1n) is 6.85. The molecule has 0 radical (unpaired) electrons. The van der Waals surface area contributed by atoms with Gasteiger partial charge < -0.3 is 20.1 Å². The van der Waals surface area contributed by atoms with E-state index in [0.717, 1.165) is 19.4 Å². The Morgan fingerprint density at radius 2 is 2.00 bits per heavy atom. The highest BCUT2D eigenvalue weighted by atomic mass is 16.5. The van der Waals surface area contributed by atoms with Crippen molar-refractivity contribution in [1.82, 2.24) is 10.2 Å². The molecule has 1 rings (SSSR count). The number of hydrogen-bond donors (Lipinski definition) is 2. The molecule has 1 aliphatic rings. The fourth-order valence-electron chi connectivity index (χ4n) is 1.94. The molecule has 0 atom stereocenters. The Bertz CT molecular complexity index is 299. The number of likely N-dealkylation sites (tertiary alicyclic amines) is 1. The molecule has 1 fully saturated rings. The highest BCUT2D eigenvalue weighted by Gasteiger charge is 2.23. The molecule has 0 aromatic carbocycles. The molecular weight excluding hydrogens is 248 g/mol. The molecule has 0 bridgehead atoms. The summed E-state index contributed by atoms with van der Waals surface area (Å²) in [6.07, 6.45) is 1.89. The maximum Gasteiger partial charge on any atom is 0.317 e. The summed E-state index contributed by atoms with van der Waals surface area (Å²) in [7, 11) is 0. The van der Waals surface area contributed by atoms with Crippen molar-refractivity contribution >= 4 is 12.0 Å². The summed E-state index contributed by atoms with van der Waals surface area (Å²) in [5.74, 6) is -0.376. The van der Waals surface area contributed by atoms with Crippen molar-refractivity contribution in [2.45, 2.75) is 39.2 Å². The van der Waals surface area contributed by atoms with Gasteiger partial charge in [-0.2, -0.15) is 0 Å². The summed E-state index contributed by atoms with van der Waals surface area (Å²) in [5.41, 5.74) is 0. The van der Waals surface area contributed by atoms with Crippen LogP contribution in [-0.4, -0.2) is 54.4 Å². The summed E-state index contributed by atoms with van der Waals surface area (Å²) >= 11 is 0. The van der Waals surface area contributed by atoms with E-state index < -0.39 is 5.97 Å². The summed E-state index contributed by atoms with van der Waals surface area (Å²) < 4.78 is 5.75. The highest BCUT2D eigenvalue weighted by Crippen LogP contribution is 2.14. The number of piperidine rings is 1. The normalized spacial score (nSPS) is 16.7. The van der Waals surface area contributed by atoms with Gasteiger partial charge in [0.1, 0.15) is 0 Å². The van der Waals surface area contributed by atoms with Crippen LogP contribution in [0.1, 0.15) is 33.1 Å². The number of carboxylic acids is 1. The number of aliphatic carboxylic acids is 1. The zero-order chi connectivity index (χ0) is 14.3. The lowest BCUT2D eigenvalue weighted by atomic mass is 10.1. The average molecular weight is 272 g/mol. The SMILES string of the molecule is CC(C)COC1CCN(C(=O)NCCC(=O)O)CC1. The van der Waals surface area contributed by atoms with E-state index in [1.54, 1.807) is 4.90 Å². The summed E-state index contributed by atoms with van der Waals surface area (Å²) in [4.78, 5) is 23.8. The predicted octanol–water partition coefficient (Wildman–Crippen LogP) is 1.31. The number of hydrogen-bond acceptors (Lipinski definition) is 3. The molecule has 19 heavy (non-hydrogen) atoms. The van der Waals surface area contributed by atoms with Gasteiger partial charge in [0.15, 0.2) is 0 Å². The Morgan fingerprint density at radius 1 is 1.37 bits per heavy atom. The lowest BCUT2D eigenvalue weighted by Crippen LogP contribution is -2.46. The highest BCUT2D eigenvalue weighted by molar-refractivity contribution is 5.75. The zero-order valence-electron chi connectivity index (χ0n) is 11.7. The Balaban J connectivity index is 2.18. The molecule has 1 saturated heterocycles. The van der Waals surface area contributed by atoms with Gasteiger partial charge >= 0.3 is 12.0 Å². The molecule has 6 heteroatoms. The number of carbonyl (C=O) groups is 2. The Morgan fingerprint density at radius 3 is 2.53 bits per heavy atom. The number of amides is 2. The van der Waals surface area contributed by atoms with Crippen molar-refractivity contribution in [3.63, 3.8) is 0 Å². The molecule has 2 N–H and O–H groups in total. The molecule has 0 aromatic rings. The summed E-state index contributed by atoms with van der Waals surface area (Å²) in [6, 6.07) is -0.177. The van der Waals surface area contributed by atoms with Gasteiger partial charge in [-0.1, -0.05) is 13.8 Å². The molecule has 0 spiro atoms. The van der Waals surface area contributed by atoms with Gasteiger partial charge in [-0.05, 0) is 18.8 Å². The third-order valence-electron chi connectivity index (χ3n) is 3.01. The fraction of sp³-hybridized carbons (Fsp3) is 0.846. The largest absolute Gasteiger partial charge is 0.481 e. The van der Waals surface area contributed by atoms with Crippen LogP contribution in [-0.2, 0) is 9.53 Å². The Kier molecular flexibility index (Phi) is 6.62. The molecule has 110 valence electrons. The van der Waals surface area contributed by atoms with Gasteiger partial charge in [-0.25, -0.2) is 4.79 Å². The van der Waals surface area contributed by atoms with Crippen molar-refractivity contribution < 1.29 is 19.4 Å². The van der Waals surface area contributed by atoms with Crippen molar-refractivity contribution in [3.8, 4) is 0 Å². The lowest BCUT2D eigenvalue weighted by molar-refractivity contribution is -0.136. The van der Waals surface area contributed by atoms with E-state index in [1.165, 1.54) is 0 Å². The van der Waals surface area contributed by atoms with E-state index in [0.29, 0.717) is 19.0 Å². The van der Waals surface area contributed by atoms with Gasteiger partial charge in [0.2, 0.25) is 0 Å². The molecule has 6 nitrogen and oxygen atoms in total. The average Bonchev–Trinajstić information content (AvgIpc) is 2.36. The number of rotatable bonds is 6. The third-order valence-corrected chi connectivity index (χ3v) is 3.01. The second-order valence-corrected chi connectivity index (χ2v) is 5.29. The van der Waals surface area contributed by atoms with Gasteiger partial charge in [-0.3, -0.25) is 4.79 Å². The van der Waals surface area contributed by atoms with Gasteiger partial charge in [0, 0.05) is 26.2 Å². The molecular formula is C13H24N2O4.